The predicted molar refractivity (Wildman–Crippen MR) is 119 cm³/mol. The molecular formula is C25H20ClNO2. The van der Waals surface area contributed by atoms with Gasteiger partial charge in [0.2, 0.25) is 0 Å². The maximum Gasteiger partial charge on any atom is 0.263 e. The number of ether oxygens (including phenoxy) is 1. The van der Waals surface area contributed by atoms with Gasteiger partial charge >= 0.3 is 0 Å². The fraction of sp³-hybridized carbons (Fsp3) is 0.0800. The van der Waals surface area contributed by atoms with Crippen LogP contribution in [0, 0.1) is 0 Å². The molecule has 0 radical (unpaired) electrons. The fourth-order valence-electron chi connectivity index (χ4n) is 3.33. The summed E-state index contributed by atoms with van der Waals surface area (Å²) in [6.07, 6.45) is 3.81. The minimum atomic E-state index is -0.0917. The summed E-state index contributed by atoms with van der Waals surface area (Å²) in [6, 6.07) is 24.9. The Balaban J connectivity index is 1.83. The predicted octanol–water partition coefficient (Wildman–Crippen LogP) is 6.21. The van der Waals surface area contributed by atoms with E-state index in [-0.39, 0.29) is 5.91 Å². The third kappa shape index (κ3) is 3.96. The molecule has 1 heterocycles. The van der Waals surface area contributed by atoms with Gasteiger partial charge in [-0.15, -0.1) is 0 Å². The topological polar surface area (TPSA) is 29.5 Å². The molecular weight excluding hydrogens is 382 g/mol. The maximum atomic E-state index is 13.4. The van der Waals surface area contributed by atoms with E-state index in [4.69, 9.17) is 16.3 Å². The van der Waals surface area contributed by atoms with Crippen molar-refractivity contribution >= 4 is 35.0 Å². The fourth-order valence-corrected chi connectivity index (χ4v) is 3.46. The molecule has 29 heavy (non-hydrogen) atoms. The summed E-state index contributed by atoms with van der Waals surface area (Å²) in [5.74, 6) is 0.587. The van der Waals surface area contributed by atoms with Crippen LogP contribution in [0.5, 0.6) is 5.75 Å². The molecule has 144 valence electrons. The van der Waals surface area contributed by atoms with Crippen LogP contribution in [0.15, 0.2) is 90.5 Å². The molecule has 1 amide bonds. The molecule has 0 saturated heterocycles. The molecule has 0 unspecified atom stereocenters. The SMILES string of the molecule is CCOc1ccccc1N1C(=O)/C(=C/c2ccc(Cl)cc2)C=C1c1ccccc1. The van der Waals surface area contributed by atoms with Gasteiger partial charge in [0.05, 0.1) is 18.0 Å². The Morgan fingerprint density at radius 2 is 1.62 bits per heavy atom. The zero-order chi connectivity index (χ0) is 20.2. The summed E-state index contributed by atoms with van der Waals surface area (Å²) in [6.45, 7) is 2.46. The summed E-state index contributed by atoms with van der Waals surface area (Å²) in [5, 5.41) is 0.665. The third-order valence-corrected chi connectivity index (χ3v) is 4.90. The van der Waals surface area contributed by atoms with Crippen LogP contribution in [-0.2, 0) is 4.79 Å². The molecule has 0 atom stereocenters. The first-order chi connectivity index (χ1) is 14.2. The number of carbonyl (C=O) groups excluding carboxylic acids is 1. The first-order valence-corrected chi connectivity index (χ1v) is 9.86. The van der Waals surface area contributed by atoms with E-state index in [1.807, 2.05) is 97.9 Å². The van der Waals surface area contributed by atoms with Crippen molar-refractivity contribution in [3.63, 3.8) is 0 Å². The third-order valence-electron chi connectivity index (χ3n) is 4.65. The van der Waals surface area contributed by atoms with Crippen molar-refractivity contribution in [1.82, 2.24) is 0 Å². The molecule has 0 spiro atoms. The monoisotopic (exact) mass is 401 g/mol. The Kier molecular flexibility index (Phi) is 5.50. The van der Waals surface area contributed by atoms with E-state index in [1.165, 1.54) is 0 Å². The van der Waals surface area contributed by atoms with Crippen molar-refractivity contribution in [2.45, 2.75) is 6.92 Å². The van der Waals surface area contributed by atoms with E-state index in [0.717, 1.165) is 22.5 Å². The zero-order valence-corrected chi connectivity index (χ0v) is 16.8. The highest BCUT2D eigenvalue weighted by Gasteiger charge is 2.32. The number of carbonyl (C=O) groups is 1. The molecule has 3 aromatic carbocycles. The normalized spacial score (nSPS) is 15.0. The van der Waals surface area contributed by atoms with Crippen LogP contribution in [0.4, 0.5) is 5.69 Å². The van der Waals surface area contributed by atoms with Gasteiger partial charge in [-0.3, -0.25) is 9.69 Å². The lowest BCUT2D eigenvalue weighted by Gasteiger charge is -2.23. The molecule has 1 aliphatic rings. The molecule has 0 aromatic heterocycles. The number of para-hydroxylation sites is 2. The summed E-state index contributed by atoms with van der Waals surface area (Å²) in [4.78, 5) is 15.2. The average molecular weight is 402 g/mol. The van der Waals surface area contributed by atoms with E-state index in [2.05, 4.69) is 0 Å². The Hall–Kier alpha value is -3.30. The molecule has 3 nitrogen and oxygen atoms in total. The van der Waals surface area contributed by atoms with E-state index >= 15 is 0 Å². The second-order valence-electron chi connectivity index (χ2n) is 6.59. The first-order valence-electron chi connectivity index (χ1n) is 9.48. The number of halogens is 1. The van der Waals surface area contributed by atoms with Crippen LogP contribution < -0.4 is 9.64 Å². The number of amides is 1. The summed E-state index contributed by atoms with van der Waals surface area (Å²) in [7, 11) is 0. The quantitative estimate of drug-likeness (QED) is 0.475. The molecule has 0 saturated carbocycles. The van der Waals surface area contributed by atoms with Gasteiger partial charge in [0.1, 0.15) is 5.75 Å². The van der Waals surface area contributed by atoms with Crippen molar-refractivity contribution in [1.29, 1.82) is 0 Å². The van der Waals surface area contributed by atoms with Crippen molar-refractivity contribution in [2.75, 3.05) is 11.5 Å². The van der Waals surface area contributed by atoms with Crippen molar-refractivity contribution in [2.24, 2.45) is 0 Å². The number of benzene rings is 3. The molecule has 4 heteroatoms. The van der Waals surface area contributed by atoms with Gasteiger partial charge in [0.15, 0.2) is 0 Å². The van der Waals surface area contributed by atoms with Gasteiger partial charge < -0.3 is 4.74 Å². The minimum absolute atomic E-state index is 0.0917. The second-order valence-corrected chi connectivity index (χ2v) is 7.02. The van der Waals surface area contributed by atoms with Gasteiger partial charge in [-0.25, -0.2) is 0 Å². The molecule has 1 aliphatic heterocycles. The highest BCUT2D eigenvalue weighted by molar-refractivity contribution is 6.30. The van der Waals surface area contributed by atoms with Gasteiger partial charge in [-0.05, 0) is 54.5 Å². The van der Waals surface area contributed by atoms with E-state index in [0.29, 0.717) is 23.0 Å². The molecule has 0 bridgehead atoms. The molecule has 3 aromatic rings. The maximum absolute atomic E-state index is 13.4. The number of nitrogens with zero attached hydrogens (tertiary/aromatic N) is 1. The summed E-state index contributed by atoms with van der Waals surface area (Å²) in [5.41, 5.74) is 4.04. The van der Waals surface area contributed by atoms with Crippen molar-refractivity contribution < 1.29 is 9.53 Å². The smallest absolute Gasteiger partial charge is 0.263 e. The first kappa shape index (κ1) is 19.0. The lowest BCUT2D eigenvalue weighted by molar-refractivity contribution is -0.113. The van der Waals surface area contributed by atoms with E-state index < -0.39 is 0 Å². The van der Waals surface area contributed by atoms with Crippen LogP contribution in [0.3, 0.4) is 0 Å². The number of anilines is 1. The number of hydrogen-bond donors (Lipinski definition) is 0. The van der Waals surface area contributed by atoms with Crippen LogP contribution in [0.25, 0.3) is 11.8 Å². The van der Waals surface area contributed by atoms with Crippen LogP contribution in [0.2, 0.25) is 5.02 Å². The van der Waals surface area contributed by atoms with Gasteiger partial charge in [-0.1, -0.05) is 66.2 Å². The molecule has 0 fully saturated rings. The average Bonchev–Trinajstić information content (AvgIpc) is 3.07. The minimum Gasteiger partial charge on any atom is -0.492 e. The van der Waals surface area contributed by atoms with Crippen molar-refractivity contribution in [3.8, 4) is 5.75 Å². The van der Waals surface area contributed by atoms with Crippen LogP contribution in [-0.4, -0.2) is 12.5 Å². The van der Waals surface area contributed by atoms with Gasteiger partial charge in [0, 0.05) is 10.6 Å². The van der Waals surface area contributed by atoms with Gasteiger partial charge in [0.25, 0.3) is 5.91 Å². The van der Waals surface area contributed by atoms with Crippen molar-refractivity contribution in [3.05, 3.63) is 107 Å². The number of hydrogen-bond acceptors (Lipinski definition) is 2. The largest absolute Gasteiger partial charge is 0.492 e. The lowest BCUT2D eigenvalue weighted by Crippen LogP contribution is -2.25. The highest BCUT2D eigenvalue weighted by Crippen LogP contribution is 2.39. The van der Waals surface area contributed by atoms with Crippen LogP contribution >= 0.6 is 11.6 Å². The second kappa shape index (κ2) is 8.38. The Morgan fingerprint density at radius 1 is 0.931 bits per heavy atom. The van der Waals surface area contributed by atoms with Crippen LogP contribution in [0.1, 0.15) is 18.1 Å². The lowest BCUT2D eigenvalue weighted by atomic mass is 10.1. The van der Waals surface area contributed by atoms with E-state index in [1.54, 1.807) is 4.90 Å². The Labute approximate surface area is 175 Å². The Morgan fingerprint density at radius 3 is 2.34 bits per heavy atom. The molecule has 0 N–H and O–H groups in total. The number of rotatable bonds is 5. The Bertz CT molecular complexity index is 1090. The summed E-state index contributed by atoms with van der Waals surface area (Å²) >= 11 is 5.99. The van der Waals surface area contributed by atoms with Gasteiger partial charge in [-0.2, -0.15) is 0 Å². The molecule has 0 aliphatic carbocycles. The molecule has 4 rings (SSSR count). The summed E-state index contributed by atoms with van der Waals surface area (Å²) < 4.78 is 5.79. The highest BCUT2D eigenvalue weighted by atomic mass is 35.5. The zero-order valence-electron chi connectivity index (χ0n) is 16.0. The van der Waals surface area contributed by atoms with E-state index in [9.17, 15) is 4.79 Å². The standard InChI is InChI=1S/C25H20ClNO2/c1-2-29-24-11-7-6-10-22(24)27-23(19-8-4-3-5-9-19)17-20(25(27)28)16-18-12-14-21(26)15-13-18/h3-17H,2H2,1H3/b20-16+.